The molecule has 0 spiro atoms. The van der Waals surface area contributed by atoms with E-state index in [2.05, 4.69) is 9.69 Å². The van der Waals surface area contributed by atoms with Gasteiger partial charge >= 0.3 is 0 Å². The maximum Gasteiger partial charge on any atom is 0.166 e. The van der Waals surface area contributed by atoms with Gasteiger partial charge in [-0.2, -0.15) is 4.37 Å². The third-order valence-corrected chi connectivity index (χ3v) is 2.80. The topological polar surface area (TPSA) is 34.2 Å². The summed E-state index contributed by atoms with van der Waals surface area (Å²) in [6.07, 6.45) is 0. The zero-order valence-electron chi connectivity index (χ0n) is 7.80. The van der Waals surface area contributed by atoms with Crippen molar-refractivity contribution in [2.75, 3.05) is 19.5 Å². The van der Waals surface area contributed by atoms with Crippen LogP contribution in [0.2, 0.25) is 0 Å². The molecular formula is C9H9FN2OS. The van der Waals surface area contributed by atoms with Gasteiger partial charge in [-0.1, -0.05) is 0 Å². The number of hydrogen-bond acceptors (Lipinski definition) is 4. The van der Waals surface area contributed by atoms with E-state index in [0.29, 0.717) is 11.2 Å². The highest BCUT2D eigenvalue weighted by molar-refractivity contribution is 7.13. The van der Waals surface area contributed by atoms with E-state index < -0.39 is 0 Å². The monoisotopic (exact) mass is 212 g/mol. The van der Waals surface area contributed by atoms with E-state index in [9.17, 15) is 4.39 Å². The predicted molar refractivity (Wildman–Crippen MR) is 55.7 cm³/mol. The fourth-order valence-corrected chi connectivity index (χ4v) is 2.13. The smallest absolute Gasteiger partial charge is 0.166 e. The molecule has 1 aromatic carbocycles. The number of benzene rings is 1. The molecule has 3 nitrogen and oxygen atoms in total. The van der Waals surface area contributed by atoms with E-state index in [1.54, 1.807) is 13.1 Å². The second-order valence-corrected chi connectivity index (χ2v) is 3.54. The molecule has 0 unspecified atom stereocenters. The number of nitrogens with one attached hydrogen (secondary N) is 1. The Morgan fingerprint density at radius 3 is 2.93 bits per heavy atom. The van der Waals surface area contributed by atoms with Crippen LogP contribution in [-0.2, 0) is 0 Å². The number of nitrogens with zero attached hydrogens (tertiary/aromatic N) is 1. The first-order valence-electron chi connectivity index (χ1n) is 4.07. The number of aromatic nitrogens is 1. The zero-order valence-corrected chi connectivity index (χ0v) is 8.61. The molecule has 0 aliphatic rings. The molecule has 0 aliphatic carbocycles. The van der Waals surface area contributed by atoms with Gasteiger partial charge in [0.15, 0.2) is 17.4 Å². The fraction of sp³-hybridized carbons (Fsp3) is 0.222. The van der Waals surface area contributed by atoms with Crippen LogP contribution in [0.3, 0.4) is 0 Å². The average molecular weight is 212 g/mol. The van der Waals surface area contributed by atoms with E-state index in [1.165, 1.54) is 24.7 Å². The van der Waals surface area contributed by atoms with Crippen molar-refractivity contribution in [1.29, 1.82) is 0 Å². The summed E-state index contributed by atoms with van der Waals surface area (Å²) in [5.41, 5.74) is 0. The Balaban J connectivity index is 2.81. The lowest BCUT2D eigenvalue weighted by molar-refractivity contribution is 0.392. The molecule has 2 aromatic rings. The lowest BCUT2D eigenvalue weighted by Crippen LogP contribution is -1.92. The van der Waals surface area contributed by atoms with Crippen LogP contribution in [0.1, 0.15) is 0 Å². The van der Waals surface area contributed by atoms with E-state index >= 15 is 0 Å². The Morgan fingerprint density at radius 2 is 2.29 bits per heavy atom. The largest absolute Gasteiger partial charge is 0.493 e. The number of fused-ring (bicyclic) bond motifs is 1. The van der Waals surface area contributed by atoms with Gasteiger partial charge in [-0.25, -0.2) is 4.39 Å². The molecule has 1 heterocycles. The SMILES string of the molecule is CNc1nsc2ccc(F)c(OC)c12. The molecule has 0 aliphatic heterocycles. The molecule has 0 fully saturated rings. The van der Waals surface area contributed by atoms with Crippen molar-refractivity contribution in [2.24, 2.45) is 0 Å². The van der Waals surface area contributed by atoms with E-state index in [0.717, 1.165) is 4.70 Å². The van der Waals surface area contributed by atoms with E-state index in [4.69, 9.17) is 4.74 Å². The highest BCUT2D eigenvalue weighted by Gasteiger charge is 2.14. The number of ether oxygens (including phenoxy) is 1. The standard InChI is InChI=1S/C9H9FN2OS/c1-11-9-7-6(14-12-9)4-3-5(10)8(7)13-2/h3-4H,1-2H3,(H,11,12). The zero-order chi connectivity index (χ0) is 10.1. The van der Waals surface area contributed by atoms with Gasteiger partial charge in [0.25, 0.3) is 0 Å². The number of hydrogen-bond donors (Lipinski definition) is 1. The normalized spacial score (nSPS) is 10.5. The van der Waals surface area contributed by atoms with Crippen molar-refractivity contribution in [2.45, 2.75) is 0 Å². The molecule has 74 valence electrons. The Bertz CT molecular complexity index is 469. The first kappa shape index (κ1) is 9.21. The lowest BCUT2D eigenvalue weighted by Gasteiger charge is -2.04. The van der Waals surface area contributed by atoms with Crippen molar-refractivity contribution in [3.05, 3.63) is 17.9 Å². The van der Waals surface area contributed by atoms with Gasteiger partial charge in [0, 0.05) is 7.05 Å². The molecule has 0 atom stereocenters. The van der Waals surface area contributed by atoms with Crippen LogP contribution < -0.4 is 10.1 Å². The van der Waals surface area contributed by atoms with Crippen LogP contribution >= 0.6 is 11.5 Å². The first-order chi connectivity index (χ1) is 6.77. The number of anilines is 1. The molecule has 0 saturated carbocycles. The summed E-state index contributed by atoms with van der Waals surface area (Å²) in [7, 11) is 3.20. The third-order valence-electron chi connectivity index (χ3n) is 1.98. The summed E-state index contributed by atoms with van der Waals surface area (Å²) in [6.45, 7) is 0. The van der Waals surface area contributed by atoms with Gasteiger partial charge in [-0.15, -0.1) is 0 Å². The van der Waals surface area contributed by atoms with Crippen molar-refractivity contribution in [3.8, 4) is 5.75 Å². The van der Waals surface area contributed by atoms with E-state index in [-0.39, 0.29) is 11.6 Å². The second kappa shape index (κ2) is 3.42. The quantitative estimate of drug-likeness (QED) is 0.830. The molecule has 0 bridgehead atoms. The minimum Gasteiger partial charge on any atom is -0.493 e. The van der Waals surface area contributed by atoms with Gasteiger partial charge in [-0.05, 0) is 23.7 Å². The van der Waals surface area contributed by atoms with Gasteiger partial charge in [0.1, 0.15) is 0 Å². The summed E-state index contributed by atoms with van der Waals surface area (Å²) in [6, 6.07) is 3.09. The summed E-state index contributed by atoms with van der Waals surface area (Å²) >= 11 is 1.32. The van der Waals surface area contributed by atoms with Crippen LogP contribution in [0.25, 0.3) is 10.1 Å². The molecule has 1 aromatic heterocycles. The van der Waals surface area contributed by atoms with Crippen LogP contribution in [0.4, 0.5) is 10.2 Å². The molecule has 0 saturated heterocycles. The van der Waals surface area contributed by atoms with Crippen molar-refractivity contribution in [3.63, 3.8) is 0 Å². The average Bonchev–Trinajstić information content (AvgIpc) is 2.61. The Kier molecular flexibility index (Phi) is 2.25. The lowest BCUT2D eigenvalue weighted by atomic mass is 10.2. The maximum atomic E-state index is 13.3. The van der Waals surface area contributed by atoms with Crippen LogP contribution in [0.15, 0.2) is 12.1 Å². The molecule has 1 N–H and O–H groups in total. The highest BCUT2D eigenvalue weighted by Crippen LogP contribution is 2.36. The molecular weight excluding hydrogens is 203 g/mol. The third kappa shape index (κ3) is 1.21. The molecule has 5 heteroatoms. The Labute approximate surface area is 84.7 Å². The highest BCUT2D eigenvalue weighted by atomic mass is 32.1. The van der Waals surface area contributed by atoms with Gasteiger partial charge in [0.2, 0.25) is 0 Å². The van der Waals surface area contributed by atoms with Crippen molar-refractivity contribution in [1.82, 2.24) is 4.37 Å². The number of rotatable bonds is 2. The molecule has 0 amide bonds. The van der Waals surface area contributed by atoms with Crippen molar-refractivity contribution >= 4 is 27.4 Å². The van der Waals surface area contributed by atoms with Gasteiger partial charge in [0.05, 0.1) is 17.2 Å². The second-order valence-electron chi connectivity index (χ2n) is 2.73. The minimum absolute atomic E-state index is 0.251. The van der Waals surface area contributed by atoms with Gasteiger partial charge in [-0.3, -0.25) is 0 Å². The maximum absolute atomic E-state index is 13.3. The molecule has 0 radical (unpaired) electrons. The Hall–Kier alpha value is -1.36. The number of halogens is 1. The van der Waals surface area contributed by atoms with E-state index in [1.807, 2.05) is 0 Å². The van der Waals surface area contributed by atoms with Crippen molar-refractivity contribution < 1.29 is 9.13 Å². The van der Waals surface area contributed by atoms with Gasteiger partial charge < -0.3 is 10.1 Å². The first-order valence-corrected chi connectivity index (χ1v) is 4.85. The molecule has 2 rings (SSSR count). The van der Waals surface area contributed by atoms with Crippen LogP contribution in [0, 0.1) is 5.82 Å². The van der Waals surface area contributed by atoms with Crippen LogP contribution in [-0.4, -0.2) is 18.5 Å². The number of methoxy groups -OCH3 is 1. The molecule has 14 heavy (non-hydrogen) atoms. The summed E-state index contributed by atoms with van der Waals surface area (Å²) in [4.78, 5) is 0. The summed E-state index contributed by atoms with van der Waals surface area (Å²) < 4.78 is 23.4. The predicted octanol–water partition coefficient (Wildman–Crippen LogP) is 2.49. The fourth-order valence-electron chi connectivity index (χ4n) is 1.35. The minimum atomic E-state index is -0.364. The summed E-state index contributed by atoms with van der Waals surface area (Å²) in [5, 5.41) is 3.61. The Morgan fingerprint density at radius 1 is 1.50 bits per heavy atom. The summed E-state index contributed by atoms with van der Waals surface area (Å²) in [5.74, 6) is 0.540. The van der Waals surface area contributed by atoms with Crippen LogP contribution in [0.5, 0.6) is 5.75 Å².